The predicted molar refractivity (Wildman–Crippen MR) is 79.5 cm³/mol. The number of Topliss-reactive ketones (excluding diaryl/α,β-unsaturated/α-hetero) is 1. The van der Waals surface area contributed by atoms with Crippen LogP contribution in [0, 0.1) is 11.3 Å². The number of rotatable bonds is 7. The van der Waals surface area contributed by atoms with Crippen molar-refractivity contribution in [1.82, 2.24) is 14.5 Å². The van der Waals surface area contributed by atoms with Crippen LogP contribution in [0.15, 0.2) is 43.0 Å². The third kappa shape index (κ3) is 4.55. The van der Waals surface area contributed by atoms with Gasteiger partial charge in [-0.3, -0.25) is 14.7 Å². The van der Waals surface area contributed by atoms with Gasteiger partial charge in [0.05, 0.1) is 12.6 Å². The molecular formula is C16H18N4O. The fourth-order valence-corrected chi connectivity index (χ4v) is 2.13. The number of carbonyl (C=O) groups excluding carboxylic acids is 1. The standard InChI is InChI=1S/C16H18N4O/c1-19-9-5-15(12-19)16(21)13-20(8-3-6-17)11-14-4-2-7-18-10-14/h2,4-5,7,9-10,12H,3,8,11,13H2,1H3. The molecule has 0 fully saturated rings. The molecule has 0 unspecified atom stereocenters. The second kappa shape index (κ2) is 7.36. The molecule has 2 rings (SSSR count). The molecular weight excluding hydrogens is 264 g/mol. The van der Waals surface area contributed by atoms with E-state index >= 15 is 0 Å². The molecule has 5 heteroatoms. The predicted octanol–water partition coefficient (Wildman–Crippen LogP) is 2.02. The normalized spacial score (nSPS) is 10.5. The summed E-state index contributed by atoms with van der Waals surface area (Å²) in [5.74, 6) is 0.0671. The largest absolute Gasteiger partial charge is 0.357 e. The zero-order valence-electron chi connectivity index (χ0n) is 12.1. The van der Waals surface area contributed by atoms with Crippen molar-refractivity contribution >= 4 is 5.78 Å². The van der Waals surface area contributed by atoms with Crippen molar-refractivity contribution in [3.05, 3.63) is 54.1 Å². The Morgan fingerprint density at radius 2 is 2.33 bits per heavy atom. The van der Waals surface area contributed by atoms with E-state index in [9.17, 15) is 4.79 Å². The van der Waals surface area contributed by atoms with Crippen molar-refractivity contribution in [2.24, 2.45) is 7.05 Å². The minimum Gasteiger partial charge on any atom is -0.357 e. The van der Waals surface area contributed by atoms with Gasteiger partial charge in [0.1, 0.15) is 0 Å². The molecule has 2 aromatic heterocycles. The Bertz CT molecular complexity index is 627. The van der Waals surface area contributed by atoms with Crippen LogP contribution in [0.5, 0.6) is 0 Å². The minimum absolute atomic E-state index is 0.0671. The average molecular weight is 282 g/mol. The molecule has 0 saturated heterocycles. The van der Waals surface area contributed by atoms with Gasteiger partial charge in [-0.05, 0) is 17.7 Å². The maximum absolute atomic E-state index is 12.3. The van der Waals surface area contributed by atoms with Crippen LogP contribution in [-0.2, 0) is 13.6 Å². The van der Waals surface area contributed by atoms with Gasteiger partial charge < -0.3 is 4.57 Å². The van der Waals surface area contributed by atoms with Crippen LogP contribution >= 0.6 is 0 Å². The van der Waals surface area contributed by atoms with Gasteiger partial charge in [0.2, 0.25) is 0 Å². The van der Waals surface area contributed by atoms with Crippen LogP contribution in [0.2, 0.25) is 0 Å². The third-order valence-corrected chi connectivity index (χ3v) is 3.19. The topological polar surface area (TPSA) is 61.9 Å². The Kier molecular flexibility index (Phi) is 5.24. The first kappa shape index (κ1) is 14.9. The van der Waals surface area contributed by atoms with Gasteiger partial charge >= 0.3 is 0 Å². The summed E-state index contributed by atoms with van der Waals surface area (Å²) < 4.78 is 1.86. The van der Waals surface area contributed by atoms with E-state index in [1.807, 2.05) is 47.1 Å². The average Bonchev–Trinajstić information content (AvgIpc) is 2.92. The van der Waals surface area contributed by atoms with Gasteiger partial charge in [0.15, 0.2) is 5.78 Å². The van der Waals surface area contributed by atoms with E-state index in [1.54, 1.807) is 12.4 Å². The van der Waals surface area contributed by atoms with E-state index in [0.717, 1.165) is 5.56 Å². The monoisotopic (exact) mass is 282 g/mol. The van der Waals surface area contributed by atoms with Crippen molar-refractivity contribution < 1.29 is 4.79 Å². The smallest absolute Gasteiger partial charge is 0.178 e. The summed E-state index contributed by atoms with van der Waals surface area (Å²) in [7, 11) is 1.89. The first-order chi connectivity index (χ1) is 10.2. The lowest BCUT2D eigenvalue weighted by Gasteiger charge is -2.20. The number of nitriles is 1. The van der Waals surface area contributed by atoms with E-state index in [2.05, 4.69) is 11.1 Å². The quantitative estimate of drug-likeness (QED) is 0.729. The summed E-state index contributed by atoms with van der Waals surface area (Å²) >= 11 is 0. The zero-order chi connectivity index (χ0) is 15.1. The molecule has 0 aliphatic heterocycles. The molecule has 2 aromatic rings. The molecule has 0 N–H and O–H groups in total. The first-order valence-electron chi connectivity index (χ1n) is 6.82. The number of hydrogen-bond donors (Lipinski definition) is 0. The van der Waals surface area contributed by atoms with Gasteiger partial charge in [-0.1, -0.05) is 6.07 Å². The number of ketones is 1. The van der Waals surface area contributed by atoms with E-state index in [4.69, 9.17) is 5.26 Å². The molecule has 0 aliphatic carbocycles. The van der Waals surface area contributed by atoms with Gasteiger partial charge in [0, 0.05) is 56.9 Å². The third-order valence-electron chi connectivity index (χ3n) is 3.19. The Hall–Kier alpha value is -2.45. The van der Waals surface area contributed by atoms with Crippen LogP contribution in [0.25, 0.3) is 0 Å². The molecule has 0 atom stereocenters. The lowest BCUT2D eigenvalue weighted by Crippen LogP contribution is -2.30. The fraction of sp³-hybridized carbons (Fsp3) is 0.312. The molecule has 0 radical (unpaired) electrons. The lowest BCUT2D eigenvalue weighted by molar-refractivity contribution is 0.0927. The molecule has 0 aromatic carbocycles. The molecule has 5 nitrogen and oxygen atoms in total. The van der Waals surface area contributed by atoms with Crippen molar-refractivity contribution in [2.45, 2.75) is 13.0 Å². The van der Waals surface area contributed by atoms with Crippen LogP contribution in [0.1, 0.15) is 22.3 Å². The number of nitrogens with zero attached hydrogens (tertiary/aromatic N) is 4. The SMILES string of the molecule is Cn1ccc(C(=O)CN(CCC#N)Cc2cccnc2)c1. The molecule has 0 bridgehead atoms. The summed E-state index contributed by atoms with van der Waals surface area (Å²) in [6.45, 7) is 1.50. The summed E-state index contributed by atoms with van der Waals surface area (Å²) in [5.41, 5.74) is 1.74. The molecule has 0 spiro atoms. The summed E-state index contributed by atoms with van der Waals surface area (Å²) in [4.78, 5) is 18.3. The highest BCUT2D eigenvalue weighted by Gasteiger charge is 2.13. The van der Waals surface area contributed by atoms with E-state index in [0.29, 0.717) is 31.6 Å². The van der Waals surface area contributed by atoms with Gasteiger partial charge in [0.25, 0.3) is 0 Å². The van der Waals surface area contributed by atoms with Crippen molar-refractivity contribution in [2.75, 3.05) is 13.1 Å². The zero-order valence-corrected chi connectivity index (χ0v) is 12.1. The van der Waals surface area contributed by atoms with Gasteiger partial charge in [-0.15, -0.1) is 0 Å². The maximum atomic E-state index is 12.3. The Morgan fingerprint density at radius 3 is 2.95 bits per heavy atom. The highest BCUT2D eigenvalue weighted by molar-refractivity contribution is 5.97. The van der Waals surface area contributed by atoms with Crippen LogP contribution < -0.4 is 0 Å². The van der Waals surface area contributed by atoms with Gasteiger partial charge in [-0.25, -0.2) is 0 Å². The highest BCUT2D eigenvalue weighted by Crippen LogP contribution is 2.07. The summed E-state index contributed by atoms with van der Waals surface area (Å²) in [6.07, 6.45) is 7.58. The number of aryl methyl sites for hydroxylation is 1. The molecule has 0 aliphatic rings. The molecule has 0 saturated carbocycles. The van der Waals surface area contributed by atoms with E-state index < -0.39 is 0 Å². The Labute approximate surface area is 124 Å². The van der Waals surface area contributed by atoms with Crippen LogP contribution in [0.3, 0.4) is 0 Å². The molecule has 21 heavy (non-hydrogen) atoms. The highest BCUT2D eigenvalue weighted by atomic mass is 16.1. The Balaban J connectivity index is 2.02. The second-order valence-electron chi connectivity index (χ2n) is 4.97. The molecule has 2 heterocycles. The first-order valence-corrected chi connectivity index (χ1v) is 6.82. The van der Waals surface area contributed by atoms with Gasteiger partial charge in [-0.2, -0.15) is 5.26 Å². The second-order valence-corrected chi connectivity index (χ2v) is 4.97. The maximum Gasteiger partial charge on any atom is 0.178 e. The number of hydrogen-bond acceptors (Lipinski definition) is 4. The molecule has 0 amide bonds. The van der Waals surface area contributed by atoms with Crippen LogP contribution in [0.4, 0.5) is 0 Å². The lowest BCUT2D eigenvalue weighted by atomic mass is 10.2. The molecule has 108 valence electrons. The summed E-state index contributed by atoms with van der Waals surface area (Å²) in [5, 5.41) is 8.76. The summed E-state index contributed by atoms with van der Waals surface area (Å²) in [6, 6.07) is 7.79. The minimum atomic E-state index is 0.0671. The van der Waals surface area contributed by atoms with Crippen LogP contribution in [-0.4, -0.2) is 33.3 Å². The van der Waals surface area contributed by atoms with E-state index in [-0.39, 0.29) is 5.78 Å². The van der Waals surface area contributed by atoms with Crippen molar-refractivity contribution in [3.63, 3.8) is 0 Å². The number of aromatic nitrogens is 2. The number of carbonyl (C=O) groups is 1. The fourth-order valence-electron chi connectivity index (χ4n) is 2.13. The van der Waals surface area contributed by atoms with Crippen molar-refractivity contribution in [3.8, 4) is 6.07 Å². The Morgan fingerprint density at radius 1 is 1.48 bits per heavy atom. The number of pyridine rings is 1. The van der Waals surface area contributed by atoms with Crippen molar-refractivity contribution in [1.29, 1.82) is 5.26 Å². The van der Waals surface area contributed by atoms with E-state index in [1.165, 1.54) is 0 Å².